The van der Waals surface area contributed by atoms with Gasteiger partial charge in [0.15, 0.2) is 5.78 Å². The molecule has 2 atom stereocenters. The molecule has 1 rings (SSSR count). The molecule has 1 saturated heterocycles. The summed E-state index contributed by atoms with van der Waals surface area (Å²) in [5, 5.41) is 0. The average Bonchev–Trinajstić information content (AvgIpc) is 2.20. The van der Waals surface area contributed by atoms with Crippen LogP contribution >= 0.6 is 0 Å². The van der Waals surface area contributed by atoms with Crippen molar-refractivity contribution in [2.75, 3.05) is 39.9 Å². The lowest BCUT2D eigenvalue weighted by Gasteiger charge is -2.42. The maximum atomic E-state index is 10.7. The second-order valence-electron chi connectivity index (χ2n) is 4.88. The topological polar surface area (TPSA) is 32.8 Å². The van der Waals surface area contributed by atoms with Gasteiger partial charge in [0, 0.05) is 31.7 Å². The maximum absolute atomic E-state index is 10.7. The van der Waals surface area contributed by atoms with Gasteiger partial charge in [0.05, 0.1) is 6.61 Å². The van der Waals surface area contributed by atoms with E-state index in [-0.39, 0.29) is 12.4 Å². The Morgan fingerprint density at radius 2 is 1.88 bits per heavy atom. The van der Waals surface area contributed by atoms with Gasteiger partial charge >= 0.3 is 0 Å². The average molecular weight is 228 g/mol. The van der Waals surface area contributed by atoms with Crippen molar-refractivity contribution >= 4 is 5.78 Å². The molecule has 94 valence electrons. The maximum Gasteiger partial charge on any atom is 0.155 e. The second-order valence-corrected chi connectivity index (χ2v) is 4.88. The SMILES string of the molecule is CC(=O)COCCN1CC(C)N(C)C(C)C1. The zero-order valence-corrected chi connectivity index (χ0v) is 10.9. The van der Waals surface area contributed by atoms with E-state index in [1.165, 1.54) is 0 Å². The van der Waals surface area contributed by atoms with Crippen molar-refractivity contribution in [2.45, 2.75) is 32.9 Å². The Hall–Kier alpha value is -0.450. The molecule has 4 nitrogen and oxygen atoms in total. The van der Waals surface area contributed by atoms with E-state index in [1.807, 2.05) is 0 Å². The quantitative estimate of drug-likeness (QED) is 0.646. The van der Waals surface area contributed by atoms with Crippen molar-refractivity contribution in [1.82, 2.24) is 9.80 Å². The minimum Gasteiger partial charge on any atom is -0.372 e. The first kappa shape index (κ1) is 13.6. The van der Waals surface area contributed by atoms with Gasteiger partial charge in [-0.2, -0.15) is 0 Å². The van der Waals surface area contributed by atoms with Crippen LogP contribution in [0.1, 0.15) is 20.8 Å². The molecule has 0 aromatic carbocycles. The number of carbonyl (C=O) groups excluding carboxylic acids is 1. The molecular formula is C12H24N2O2. The Kier molecular flexibility index (Phi) is 5.38. The Bertz CT molecular complexity index is 221. The molecule has 1 heterocycles. The summed E-state index contributed by atoms with van der Waals surface area (Å²) in [6.07, 6.45) is 0. The number of rotatable bonds is 5. The van der Waals surface area contributed by atoms with Crippen LogP contribution in [0.5, 0.6) is 0 Å². The molecule has 0 radical (unpaired) electrons. The van der Waals surface area contributed by atoms with E-state index < -0.39 is 0 Å². The zero-order valence-electron chi connectivity index (χ0n) is 10.9. The third-order valence-electron chi connectivity index (χ3n) is 3.29. The molecule has 0 aromatic rings. The van der Waals surface area contributed by atoms with Gasteiger partial charge in [0.25, 0.3) is 0 Å². The van der Waals surface area contributed by atoms with Crippen LogP contribution in [0.2, 0.25) is 0 Å². The molecule has 0 spiro atoms. The third-order valence-corrected chi connectivity index (χ3v) is 3.29. The minimum atomic E-state index is 0.0973. The smallest absolute Gasteiger partial charge is 0.155 e. The van der Waals surface area contributed by atoms with Crippen LogP contribution in [0.4, 0.5) is 0 Å². The molecule has 4 heteroatoms. The number of Topliss-reactive ketones (excluding diaryl/α,β-unsaturated/α-hetero) is 1. The van der Waals surface area contributed by atoms with Crippen molar-refractivity contribution < 1.29 is 9.53 Å². The molecule has 0 bridgehead atoms. The Morgan fingerprint density at radius 3 is 2.38 bits per heavy atom. The van der Waals surface area contributed by atoms with Crippen molar-refractivity contribution in [3.05, 3.63) is 0 Å². The predicted molar refractivity (Wildman–Crippen MR) is 64.6 cm³/mol. The van der Waals surface area contributed by atoms with Gasteiger partial charge in [-0.05, 0) is 27.8 Å². The van der Waals surface area contributed by atoms with Gasteiger partial charge in [0.1, 0.15) is 6.61 Å². The first-order valence-corrected chi connectivity index (χ1v) is 6.02. The molecule has 0 saturated carbocycles. The number of ketones is 1. The largest absolute Gasteiger partial charge is 0.372 e. The number of carbonyl (C=O) groups is 1. The first-order valence-electron chi connectivity index (χ1n) is 6.02. The van der Waals surface area contributed by atoms with E-state index in [1.54, 1.807) is 6.92 Å². The van der Waals surface area contributed by atoms with E-state index in [2.05, 4.69) is 30.7 Å². The number of ether oxygens (including phenoxy) is 1. The van der Waals surface area contributed by atoms with Crippen LogP contribution in [-0.4, -0.2) is 67.6 Å². The van der Waals surface area contributed by atoms with E-state index in [0.717, 1.165) is 19.6 Å². The van der Waals surface area contributed by atoms with Crippen LogP contribution in [0.3, 0.4) is 0 Å². The predicted octanol–water partition coefficient (Wildman–Crippen LogP) is 0.616. The molecular weight excluding hydrogens is 204 g/mol. The second kappa shape index (κ2) is 6.33. The summed E-state index contributed by atoms with van der Waals surface area (Å²) in [5.74, 6) is 0.0973. The molecule has 0 amide bonds. The first-order chi connectivity index (χ1) is 7.50. The molecule has 1 fully saturated rings. The number of nitrogens with zero attached hydrogens (tertiary/aromatic N) is 2. The van der Waals surface area contributed by atoms with Gasteiger partial charge in [-0.15, -0.1) is 0 Å². The Labute approximate surface area is 98.5 Å². The number of piperazine rings is 1. The molecule has 0 N–H and O–H groups in total. The van der Waals surface area contributed by atoms with Crippen molar-refractivity contribution in [2.24, 2.45) is 0 Å². The van der Waals surface area contributed by atoms with Crippen LogP contribution < -0.4 is 0 Å². The lowest BCUT2D eigenvalue weighted by Crippen LogP contribution is -2.55. The fourth-order valence-electron chi connectivity index (χ4n) is 2.11. The summed E-state index contributed by atoms with van der Waals surface area (Å²) in [5.41, 5.74) is 0. The fraction of sp³-hybridized carbons (Fsp3) is 0.917. The van der Waals surface area contributed by atoms with E-state index in [4.69, 9.17) is 4.74 Å². The highest BCUT2D eigenvalue weighted by Gasteiger charge is 2.25. The summed E-state index contributed by atoms with van der Waals surface area (Å²) < 4.78 is 5.29. The monoisotopic (exact) mass is 228 g/mol. The third kappa shape index (κ3) is 4.20. The van der Waals surface area contributed by atoms with Crippen LogP contribution in [0.15, 0.2) is 0 Å². The lowest BCUT2D eigenvalue weighted by atomic mass is 10.1. The summed E-state index contributed by atoms with van der Waals surface area (Å²) >= 11 is 0. The van der Waals surface area contributed by atoms with Crippen LogP contribution in [0, 0.1) is 0 Å². The molecule has 0 aromatic heterocycles. The van der Waals surface area contributed by atoms with Gasteiger partial charge in [-0.1, -0.05) is 0 Å². The van der Waals surface area contributed by atoms with E-state index in [0.29, 0.717) is 18.7 Å². The highest BCUT2D eigenvalue weighted by atomic mass is 16.5. The highest BCUT2D eigenvalue weighted by molar-refractivity contribution is 5.76. The summed E-state index contributed by atoms with van der Waals surface area (Å²) in [7, 11) is 2.18. The Morgan fingerprint density at radius 1 is 1.31 bits per heavy atom. The van der Waals surface area contributed by atoms with Gasteiger partial charge in [-0.3, -0.25) is 14.6 Å². The number of hydrogen-bond donors (Lipinski definition) is 0. The van der Waals surface area contributed by atoms with Crippen molar-refractivity contribution in [3.63, 3.8) is 0 Å². The van der Waals surface area contributed by atoms with Crippen molar-refractivity contribution in [1.29, 1.82) is 0 Å². The van der Waals surface area contributed by atoms with Gasteiger partial charge in [0.2, 0.25) is 0 Å². The van der Waals surface area contributed by atoms with Crippen molar-refractivity contribution in [3.8, 4) is 0 Å². The molecule has 2 unspecified atom stereocenters. The van der Waals surface area contributed by atoms with Gasteiger partial charge < -0.3 is 4.74 Å². The Balaban J connectivity index is 2.20. The number of hydrogen-bond acceptors (Lipinski definition) is 4. The fourth-order valence-corrected chi connectivity index (χ4v) is 2.11. The molecule has 16 heavy (non-hydrogen) atoms. The van der Waals surface area contributed by atoms with E-state index in [9.17, 15) is 4.79 Å². The highest BCUT2D eigenvalue weighted by Crippen LogP contribution is 2.12. The summed E-state index contributed by atoms with van der Waals surface area (Å²) in [6.45, 7) is 10.1. The minimum absolute atomic E-state index is 0.0973. The molecule has 1 aliphatic heterocycles. The summed E-state index contributed by atoms with van der Waals surface area (Å²) in [4.78, 5) is 15.5. The standard InChI is InChI=1S/C12H24N2O2/c1-10-7-14(8-11(2)13(10)4)5-6-16-9-12(3)15/h10-11H,5-9H2,1-4H3. The van der Waals surface area contributed by atoms with E-state index >= 15 is 0 Å². The van der Waals surface area contributed by atoms with Crippen LogP contribution in [0.25, 0.3) is 0 Å². The number of likely N-dealkylation sites (N-methyl/N-ethyl adjacent to an activating group) is 1. The normalized spacial score (nSPS) is 28.2. The lowest BCUT2D eigenvalue weighted by molar-refractivity contribution is -0.121. The zero-order chi connectivity index (χ0) is 12.1. The molecule has 0 aliphatic carbocycles. The van der Waals surface area contributed by atoms with Gasteiger partial charge in [-0.25, -0.2) is 0 Å². The van der Waals surface area contributed by atoms with Crippen LogP contribution in [-0.2, 0) is 9.53 Å². The molecule has 1 aliphatic rings. The summed E-state index contributed by atoms with van der Waals surface area (Å²) in [6, 6.07) is 1.19.